The van der Waals surface area contributed by atoms with E-state index in [1.807, 2.05) is 12.1 Å². The van der Waals surface area contributed by atoms with Crippen molar-refractivity contribution in [3.8, 4) is 0 Å². The van der Waals surface area contributed by atoms with Crippen molar-refractivity contribution in [2.24, 2.45) is 0 Å². The van der Waals surface area contributed by atoms with Crippen LogP contribution in [0.3, 0.4) is 0 Å². The van der Waals surface area contributed by atoms with E-state index in [-0.39, 0.29) is 5.69 Å². The number of benzene rings is 2. The minimum atomic E-state index is -1.10. The summed E-state index contributed by atoms with van der Waals surface area (Å²) in [6.45, 7) is 0. The van der Waals surface area contributed by atoms with E-state index in [0.29, 0.717) is 12.5 Å². The Morgan fingerprint density at radius 3 is 2.58 bits per heavy atom. The number of anilines is 1. The van der Waals surface area contributed by atoms with Gasteiger partial charge in [0.1, 0.15) is 11.6 Å². The van der Waals surface area contributed by atoms with Gasteiger partial charge in [-0.15, -0.1) is 0 Å². The summed E-state index contributed by atoms with van der Waals surface area (Å²) in [5.41, 5.74) is 1.32. The van der Waals surface area contributed by atoms with E-state index in [4.69, 9.17) is 0 Å². The van der Waals surface area contributed by atoms with Gasteiger partial charge in [0.25, 0.3) is 0 Å². The van der Waals surface area contributed by atoms with Crippen LogP contribution < -0.4 is 10.6 Å². The monoisotopic (exact) mass is 332 g/mol. The predicted octanol–water partition coefficient (Wildman–Crippen LogP) is 1.68. The molecule has 0 bridgehead atoms. The molecule has 24 heavy (non-hydrogen) atoms. The van der Waals surface area contributed by atoms with Crippen molar-refractivity contribution < 1.29 is 23.5 Å². The molecular weight excluding hydrogens is 318 g/mol. The molecule has 1 aliphatic rings. The maximum Gasteiger partial charge on any atom is 0.313 e. The average molecular weight is 332 g/mol. The highest BCUT2D eigenvalue weighted by Gasteiger charge is 2.33. The second kappa shape index (κ2) is 6.37. The Hall–Kier alpha value is -2.80. The standard InChI is InChI=1S/C17H14F2N2O3/c18-10-5-6-13(12(19)8-10)20-16(23)17(24)21-15-11-4-2-1-3-9(11)7-14(15)22/h1-6,8,14-15,22H,7H2,(H,20,23)(H,21,24). The molecule has 3 N–H and O–H groups in total. The first-order chi connectivity index (χ1) is 11.5. The zero-order valence-corrected chi connectivity index (χ0v) is 12.4. The SMILES string of the molecule is O=C(Nc1ccc(F)cc1F)C(=O)NC1c2ccccc2CC1O. The molecule has 0 aromatic heterocycles. The lowest BCUT2D eigenvalue weighted by molar-refractivity contribution is -0.137. The van der Waals surface area contributed by atoms with Gasteiger partial charge in [-0.3, -0.25) is 9.59 Å². The third-order valence-electron chi connectivity index (χ3n) is 3.88. The summed E-state index contributed by atoms with van der Waals surface area (Å²) in [5.74, 6) is -3.89. The van der Waals surface area contributed by atoms with Gasteiger partial charge in [0.15, 0.2) is 0 Å². The van der Waals surface area contributed by atoms with Gasteiger partial charge in [-0.2, -0.15) is 0 Å². The van der Waals surface area contributed by atoms with E-state index < -0.39 is 35.6 Å². The van der Waals surface area contributed by atoms with Crippen molar-refractivity contribution in [3.05, 3.63) is 65.2 Å². The van der Waals surface area contributed by atoms with Crippen molar-refractivity contribution in [1.29, 1.82) is 0 Å². The van der Waals surface area contributed by atoms with Crippen LogP contribution in [0.15, 0.2) is 42.5 Å². The Balaban J connectivity index is 1.70. The minimum absolute atomic E-state index is 0.302. The molecule has 2 atom stereocenters. The lowest BCUT2D eigenvalue weighted by Crippen LogP contribution is -2.40. The van der Waals surface area contributed by atoms with E-state index in [0.717, 1.165) is 23.3 Å². The second-order valence-corrected chi connectivity index (χ2v) is 5.50. The Morgan fingerprint density at radius 2 is 1.83 bits per heavy atom. The fourth-order valence-corrected chi connectivity index (χ4v) is 2.72. The molecule has 0 spiro atoms. The lowest BCUT2D eigenvalue weighted by Gasteiger charge is -2.17. The number of aliphatic hydroxyl groups excluding tert-OH is 1. The fourth-order valence-electron chi connectivity index (χ4n) is 2.72. The van der Waals surface area contributed by atoms with Crippen LogP contribution in [0, 0.1) is 11.6 Å². The normalized spacial score (nSPS) is 18.8. The molecule has 5 nitrogen and oxygen atoms in total. The van der Waals surface area contributed by atoms with Crippen LogP contribution in [-0.2, 0) is 16.0 Å². The first-order valence-corrected chi connectivity index (χ1v) is 7.28. The number of halogens is 2. The van der Waals surface area contributed by atoms with Gasteiger partial charge in [-0.05, 0) is 23.3 Å². The number of hydrogen-bond acceptors (Lipinski definition) is 3. The van der Waals surface area contributed by atoms with Gasteiger partial charge in [-0.25, -0.2) is 8.78 Å². The molecule has 124 valence electrons. The zero-order chi connectivity index (χ0) is 17.3. The van der Waals surface area contributed by atoms with Gasteiger partial charge in [-0.1, -0.05) is 24.3 Å². The molecule has 1 aliphatic carbocycles. The van der Waals surface area contributed by atoms with Crippen molar-refractivity contribution in [3.63, 3.8) is 0 Å². The highest BCUT2D eigenvalue weighted by atomic mass is 19.1. The number of carbonyl (C=O) groups is 2. The largest absolute Gasteiger partial charge is 0.390 e. The summed E-state index contributed by atoms with van der Waals surface area (Å²) in [6.07, 6.45) is -0.475. The van der Waals surface area contributed by atoms with E-state index in [9.17, 15) is 23.5 Å². The molecule has 2 unspecified atom stereocenters. The Bertz CT molecular complexity index is 810. The number of aliphatic hydroxyl groups is 1. The third-order valence-corrected chi connectivity index (χ3v) is 3.88. The second-order valence-electron chi connectivity index (χ2n) is 5.50. The van der Waals surface area contributed by atoms with Crippen LogP contribution in [0.1, 0.15) is 17.2 Å². The molecule has 2 aromatic rings. The molecule has 3 rings (SSSR count). The average Bonchev–Trinajstić information content (AvgIpc) is 2.86. The quantitative estimate of drug-likeness (QED) is 0.732. The van der Waals surface area contributed by atoms with E-state index in [2.05, 4.69) is 10.6 Å². The fraction of sp³-hybridized carbons (Fsp3) is 0.176. The molecule has 0 heterocycles. The summed E-state index contributed by atoms with van der Waals surface area (Å²) >= 11 is 0. The molecule has 0 saturated carbocycles. The number of amides is 2. The highest BCUT2D eigenvalue weighted by Crippen LogP contribution is 2.31. The molecule has 2 amide bonds. The van der Waals surface area contributed by atoms with E-state index >= 15 is 0 Å². The summed E-state index contributed by atoms with van der Waals surface area (Å²) in [6, 6.07) is 9.06. The molecule has 2 aromatic carbocycles. The predicted molar refractivity (Wildman–Crippen MR) is 82.0 cm³/mol. The van der Waals surface area contributed by atoms with Crippen LogP contribution in [0.25, 0.3) is 0 Å². The Kier molecular flexibility index (Phi) is 4.26. The van der Waals surface area contributed by atoms with Crippen molar-refractivity contribution in [2.45, 2.75) is 18.6 Å². The highest BCUT2D eigenvalue weighted by molar-refractivity contribution is 6.39. The number of carbonyl (C=O) groups excluding carboxylic acids is 2. The van der Waals surface area contributed by atoms with Crippen LogP contribution in [0.4, 0.5) is 14.5 Å². The number of fused-ring (bicyclic) bond motifs is 1. The third kappa shape index (κ3) is 3.11. The zero-order valence-electron chi connectivity index (χ0n) is 12.4. The van der Waals surface area contributed by atoms with Gasteiger partial charge in [0.2, 0.25) is 0 Å². The van der Waals surface area contributed by atoms with Crippen molar-refractivity contribution in [2.75, 3.05) is 5.32 Å². The number of hydrogen-bond donors (Lipinski definition) is 3. The molecular formula is C17H14F2N2O3. The van der Waals surface area contributed by atoms with Crippen LogP contribution in [0.2, 0.25) is 0 Å². The van der Waals surface area contributed by atoms with Gasteiger partial charge in [0, 0.05) is 12.5 Å². The number of rotatable bonds is 2. The van der Waals surface area contributed by atoms with Gasteiger partial charge in [0.05, 0.1) is 17.8 Å². The van der Waals surface area contributed by atoms with Crippen LogP contribution >= 0.6 is 0 Å². The van der Waals surface area contributed by atoms with Crippen molar-refractivity contribution >= 4 is 17.5 Å². The maximum atomic E-state index is 13.5. The molecule has 0 fully saturated rings. The lowest BCUT2D eigenvalue weighted by atomic mass is 10.1. The minimum Gasteiger partial charge on any atom is -0.390 e. The molecule has 0 saturated heterocycles. The molecule has 7 heteroatoms. The van der Waals surface area contributed by atoms with E-state index in [1.165, 1.54) is 0 Å². The van der Waals surface area contributed by atoms with Gasteiger partial charge >= 0.3 is 11.8 Å². The molecule has 0 aliphatic heterocycles. The first kappa shape index (κ1) is 16.1. The van der Waals surface area contributed by atoms with Gasteiger partial charge < -0.3 is 15.7 Å². The van der Waals surface area contributed by atoms with Crippen LogP contribution in [-0.4, -0.2) is 23.0 Å². The Labute approximate surface area is 136 Å². The van der Waals surface area contributed by atoms with E-state index in [1.54, 1.807) is 12.1 Å². The first-order valence-electron chi connectivity index (χ1n) is 7.28. The van der Waals surface area contributed by atoms with Crippen LogP contribution in [0.5, 0.6) is 0 Å². The summed E-state index contributed by atoms with van der Waals surface area (Å²) in [4.78, 5) is 23.9. The topological polar surface area (TPSA) is 78.4 Å². The summed E-state index contributed by atoms with van der Waals surface area (Å²) in [5, 5.41) is 14.6. The Morgan fingerprint density at radius 1 is 1.08 bits per heavy atom. The smallest absolute Gasteiger partial charge is 0.313 e. The maximum absolute atomic E-state index is 13.5. The van der Waals surface area contributed by atoms with Crippen molar-refractivity contribution in [1.82, 2.24) is 5.32 Å². The number of nitrogens with one attached hydrogen (secondary N) is 2. The molecule has 0 radical (unpaired) electrons. The summed E-state index contributed by atoms with van der Waals surface area (Å²) in [7, 11) is 0. The summed E-state index contributed by atoms with van der Waals surface area (Å²) < 4.78 is 26.3.